The Morgan fingerprint density at radius 3 is 2.40 bits per heavy atom. The summed E-state index contributed by atoms with van der Waals surface area (Å²) in [5.41, 5.74) is 3.75. The second-order valence-electron chi connectivity index (χ2n) is 9.46. The number of hydrogen-bond acceptors (Lipinski definition) is 4. The Labute approximate surface area is 207 Å². The maximum absolute atomic E-state index is 12.6. The molecule has 0 spiro atoms. The van der Waals surface area contributed by atoms with Crippen LogP contribution in [-0.4, -0.2) is 35.5 Å². The SMILES string of the molecule is Cc1oc(-c2ccccc2)cc1C(Nc1ccc(C(=O)N(C)CCC(=O)O)cc1)C1CCCCC1. The van der Waals surface area contributed by atoms with Gasteiger partial charge in [0, 0.05) is 36.0 Å². The van der Waals surface area contributed by atoms with Crippen LogP contribution < -0.4 is 5.32 Å². The van der Waals surface area contributed by atoms with E-state index in [0.29, 0.717) is 11.5 Å². The van der Waals surface area contributed by atoms with Gasteiger partial charge >= 0.3 is 5.97 Å². The molecule has 1 amide bonds. The fourth-order valence-corrected chi connectivity index (χ4v) is 4.94. The molecule has 0 bridgehead atoms. The van der Waals surface area contributed by atoms with E-state index in [1.807, 2.05) is 37.3 Å². The number of amides is 1. The molecule has 0 radical (unpaired) electrons. The van der Waals surface area contributed by atoms with Crippen molar-refractivity contribution in [1.29, 1.82) is 0 Å². The average molecular weight is 475 g/mol. The maximum Gasteiger partial charge on any atom is 0.305 e. The second kappa shape index (κ2) is 11.3. The highest BCUT2D eigenvalue weighted by Crippen LogP contribution is 2.40. The average Bonchev–Trinajstić information content (AvgIpc) is 3.28. The number of rotatable bonds is 9. The van der Waals surface area contributed by atoms with Crippen LogP contribution >= 0.6 is 0 Å². The zero-order valence-corrected chi connectivity index (χ0v) is 20.5. The Hall–Kier alpha value is -3.54. The first-order valence-corrected chi connectivity index (χ1v) is 12.4. The van der Waals surface area contributed by atoms with E-state index in [1.54, 1.807) is 19.2 Å². The van der Waals surface area contributed by atoms with Crippen molar-refractivity contribution in [3.05, 3.63) is 77.6 Å². The number of hydrogen-bond donors (Lipinski definition) is 2. The molecular formula is C29H34N2O4. The number of carboxylic acids is 1. The fourth-order valence-electron chi connectivity index (χ4n) is 4.94. The molecule has 2 aromatic carbocycles. The predicted molar refractivity (Wildman–Crippen MR) is 137 cm³/mol. The van der Waals surface area contributed by atoms with E-state index in [2.05, 4.69) is 23.5 Å². The fraction of sp³-hybridized carbons (Fsp3) is 0.379. The van der Waals surface area contributed by atoms with Crippen LogP contribution in [0.3, 0.4) is 0 Å². The molecule has 1 aliphatic carbocycles. The highest BCUT2D eigenvalue weighted by molar-refractivity contribution is 5.94. The number of nitrogens with one attached hydrogen (secondary N) is 1. The number of carbonyl (C=O) groups is 2. The normalized spacial score (nSPS) is 14.9. The number of carbonyl (C=O) groups excluding carboxylic acids is 1. The van der Waals surface area contributed by atoms with Crippen molar-refractivity contribution in [3.8, 4) is 11.3 Å². The van der Waals surface area contributed by atoms with Crippen molar-refractivity contribution >= 4 is 17.6 Å². The molecule has 184 valence electrons. The van der Waals surface area contributed by atoms with E-state index in [9.17, 15) is 9.59 Å². The van der Waals surface area contributed by atoms with Crippen molar-refractivity contribution in [2.24, 2.45) is 5.92 Å². The molecule has 0 saturated heterocycles. The van der Waals surface area contributed by atoms with Gasteiger partial charge in [-0.25, -0.2) is 0 Å². The lowest BCUT2D eigenvalue weighted by Gasteiger charge is -2.31. The predicted octanol–water partition coefficient (Wildman–Crippen LogP) is 6.54. The molecule has 3 aromatic rings. The first-order valence-electron chi connectivity index (χ1n) is 12.4. The molecule has 1 aliphatic rings. The van der Waals surface area contributed by atoms with Crippen LogP contribution in [-0.2, 0) is 4.79 Å². The molecule has 4 rings (SSSR count). The van der Waals surface area contributed by atoms with Crippen molar-refractivity contribution in [3.63, 3.8) is 0 Å². The smallest absolute Gasteiger partial charge is 0.305 e. The third-order valence-electron chi connectivity index (χ3n) is 6.93. The number of anilines is 1. The van der Waals surface area contributed by atoms with Gasteiger partial charge in [0.2, 0.25) is 0 Å². The van der Waals surface area contributed by atoms with Gasteiger partial charge in [0.25, 0.3) is 5.91 Å². The minimum Gasteiger partial charge on any atom is -0.481 e. The summed E-state index contributed by atoms with van der Waals surface area (Å²) < 4.78 is 6.19. The largest absolute Gasteiger partial charge is 0.481 e. The first kappa shape index (κ1) is 24.6. The summed E-state index contributed by atoms with van der Waals surface area (Å²) >= 11 is 0. The van der Waals surface area contributed by atoms with E-state index < -0.39 is 5.97 Å². The van der Waals surface area contributed by atoms with Gasteiger partial charge in [-0.3, -0.25) is 9.59 Å². The van der Waals surface area contributed by atoms with E-state index in [1.165, 1.54) is 42.6 Å². The molecule has 1 unspecified atom stereocenters. The van der Waals surface area contributed by atoms with Crippen molar-refractivity contribution in [1.82, 2.24) is 4.90 Å². The van der Waals surface area contributed by atoms with Crippen molar-refractivity contribution in [2.45, 2.75) is 51.5 Å². The number of benzene rings is 2. The minimum absolute atomic E-state index is 0.0695. The monoisotopic (exact) mass is 474 g/mol. The number of furan rings is 1. The molecule has 6 nitrogen and oxygen atoms in total. The summed E-state index contributed by atoms with van der Waals surface area (Å²) in [6.45, 7) is 2.22. The summed E-state index contributed by atoms with van der Waals surface area (Å²) in [5.74, 6) is 1.22. The molecule has 1 aromatic heterocycles. The Kier molecular flexibility index (Phi) is 7.91. The van der Waals surface area contributed by atoms with Gasteiger partial charge < -0.3 is 19.7 Å². The Morgan fingerprint density at radius 1 is 1.06 bits per heavy atom. The highest BCUT2D eigenvalue weighted by atomic mass is 16.4. The minimum atomic E-state index is -0.914. The van der Waals surface area contributed by atoms with Crippen molar-refractivity contribution in [2.75, 3.05) is 18.9 Å². The van der Waals surface area contributed by atoms with Crippen LogP contribution in [0.4, 0.5) is 5.69 Å². The summed E-state index contributed by atoms with van der Waals surface area (Å²) in [7, 11) is 1.63. The van der Waals surface area contributed by atoms with Crippen LogP contribution in [0.1, 0.15) is 66.2 Å². The zero-order valence-electron chi connectivity index (χ0n) is 20.5. The van der Waals surface area contributed by atoms with E-state index in [-0.39, 0.29) is 24.9 Å². The topological polar surface area (TPSA) is 82.8 Å². The van der Waals surface area contributed by atoms with Gasteiger partial charge in [0.15, 0.2) is 0 Å². The molecule has 0 aliphatic heterocycles. The standard InChI is InChI=1S/C29H34N2O4/c1-20-25(19-26(35-20)21-9-5-3-6-10-21)28(22-11-7-4-8-12-22)30-24-15-13-23(14-16-24)29(34)31(2)18-17-27(32)33/h3,5-6,9-10,13-16,19,22,28,30H,4,7-8,11-12,17-18H2,1-2H3,(H,32,33). The zero-order chi connectivity index (χ0) is 24.8. The van der Waals surface area contributed by atoms with Gasteiger partial charge in [-0.15, -0.1) is 0 Å². The lowest BCUT2D eigenvalue weighted by atomic mass is 9.81. The summed E-state index contributed by atoms with van der Waals surface area (Å²) in [4.78, 5) is 24.9. The summed E-state index contributed by atoms with van der Waals surface area (Å²) in [5, 5.41) is 12.6. The summed E-state index contributed by atoms with van der Waals surface area (Å²) in [6, 6.07) is 19.9. The number of aryl methyl sites for hydroxylation is 1. The van der Waals surface area contributed by atoms with Gasteiger partial charge in [0.05, 0.1) is 12.5 Å². The molecular weight excluding hydrogens is 440 g/mol. The van der Waals surface area contributed by atoms with E-state index >= 15 is 0 Å². The van der Waals surface area contributed by atoms with Crippen LogP contribution in [0.25, 0.3) is 11.3 Å². The Morgan fingerprint density at radius 2 is 1.74 bits per heavy atom. The van der Waals surface area contributed by atoms with Crippen LogP contribution in [0.2, 0.25) is 0 Å². The van der Waals surface area contributed by atoms with E-state index in [0.717, 1.165) is 22.8 Å². The molecule has 1 saturated carbocycles. The van der Waals surface area contributed by atoms with Gasteiger partial charge in [-0.2, -0.15) is 0 Å². The molecule has 35 heavy (non-hydrogen) atoms. The van der Waals surface area contributed by atoms with Crippen LogP contribution in [0.5, 0.6) is 0 Å². The van der Waals surface area contributed by atoms with Gasteiger partial charge in [0.1, 0.15) is 11.5 Å². The van der Waals surface area contributed by atoms with Gasteiger partial charge in [-0.1, -0.05) is 49.6 Å². The third kappa shape index (κ3) is 6.13. The maximum atomic E-state index is 12.6. The van der Waals surface area contributed by atoms with Gasteiger partial charge in [-0.05, 0) is 56.0 Å². The van der Waals surface area contributed by atoms with Crippen LogP contribution in [0.15, 0.2) is 65.1 Å². The molecule has 1 heterocycles. The van der Waals surface area contributed by atoms with Crippen molar-refractivity contribution < 1.29 is 19.1 Å². The quantitative estimate of drug-likeness (QED) is 0.368. The van der Waals surface area contributed by atoms with E-state index in [4.69, 9.17) is 9.52 Å². The molecule has 6 heteroatoms. The Bertz CT molecular complexity index is 1130. The number of carboxylic acid groups (broad SMARTS) is 1. The third-order valence-corrected chi connectivity index (χ3v) is 6.93. The lowest BCUT2D eigenvalue weighted by Crippen LogP contribution is -2.29. The number of aliphatic carboxylic acids is 1. The van der Waals surface area contributed by atoms with Crippen LogP contribution in [0, 0.1) is 12.8 Å². The molecule has 1 atom stereocenters. The molecule has 2 N–H and O–H groups in total. The molecule has 1 fully saturated rings. The number of nitrogens with zero attached hydrogens (tertiary/aromatic N) is 1. The second-order valence-corrected chi connectivity index (χ2v) is 9.46. The Balaban J connectivity index is 1.54. The lowest BCUT2D eigenvalue weighted by molar-refractivity contribution is -0.137. The first-order chi connectivity index (χ1) is 16.9. The summed E-state index contributed by atoms with van der Waals surface area (Å²) in [6.07, 6.45) is 6.04. The highest BCUT2D eigenvalue weighted by Gasteiger charge is 2.28.